The van der Waals surface area contributed by atoms with E-state index in [1.54, 1.807) is 0 Å². The number of ether oxygens (including phenoxy) is 1. The molecule has 98 valence electrons. The number of rotatable bonds is 4. The van der Waals surface area contributed by atoms with Crippen molar-refractivity contribution in [3.05, 3.63) is 29.8 Å². The minimum atomic E-state index is -0.0507. The molecule has 0 radical (unpaired) electrons. The molecule has 2 rings (SSSR count). The fourth-order valence-electron chi connectivity index (χ4n) is 2.10. The lowest BCUT2D eigenvalue weighted by molar-refractivity contribution is -0.123. The van der Waals surface area contributed by atoms with E-state index in [-0.39, 0.29) is 18.6 Å². The molecule has 1 aliphatic heterocycles. The first-order chi connectivity index (χ1) is 8.74. The summed E-state index contributed by atoms with van der Waals surface area (Å²) in [6, 6.07) is 7.96. The molecule has 2 N–H and O–H groups in total. The van der Waals surface area contributed by atoms with Gasteiger partial charge in [0.2, 0.25) is 0 Å². The molecule has 1 aromatic carbocycles. The maximum atomic E-state index is 11.7. The Kier molecular flexibility index (Phi) is 4.59. The van der Waals surface area contributed by atoms with Crippen molar-refractivity contribution in [1.82, 2.24) is 10.6 Å². The Morgan fingerprint density at radius 3 is 3.17 bits per heavy atom. The molecular formula is C14H20N2O2. The molecule has 0 aromatic heterocycles. The van der Waals surface area contributed by atoms with E-state index in [1.807, 2.05) is 31.2 Å². The zero-order valence-corrected chi connectivity index (χ0v) is 10.7. The molecule has 4 heteroatoms. The molecule has 4 nitrogen and oxygen atoms in total. The summed E-state index contributed by atoms with van der Waals surface area (Å²) < 4.78 is 5.46. The highest BCUT2D eigenvalue weighted by molar-refractivity contribution is 5.77. The van der Waals surface area contributed by atoms with Gasteiger partial charge in [-0.05, 0) is 44.0 Å². The van der Waals surface area contributed by atoms with Crippen molar-refractivity contribution in [2.75, 3.05) is 19.7 Å². The summed E-state index contributed by atoms with van der Waals surface area (Å²) in [6.45, 7) is 3.99. The second-order valence-corrected chi connectivity index (χ2v) is 4.72. The lowest BCUT2D eigenvalue weighted by Crippen LogP contribution is -2.46. The number of benzene rings is 1. The molecule has 0 aliphatic carbocycles. The molecule has 0 spiro atoms. The SMILES string of the molecule is Cc1cccc(OCC(=O)N[C@@H]2CCCNC2)c1. The van der Waals surface area contributed by atoms with Crippen LogP contribution in [0.2, 0.25) is 0 Å². The average Bonchev–Trinajstić information content (AvgIpc) is 2.38. The van der Waals surface area contributed by atoms with Gasteiger partial charge in [-0.1, -0.05) is 12.1 Å². The van der Waals surface area contributed by atoms with E-state index in [0.717, 1.165) is 37.2 Å². The van der Waals surface area contributed by atoms with Crippen LogP contribution in [0.5, 0.6) is 5.75 Å². The minimum absolute atomic E-state index is 0.0507. The van der Waals surface area contributed by atoms with Crippen molar-refractivity contribution in [2.24, 2.45) is 0 Å². The highest BCUT2D eigenvalue weighted by Crippen LogP contribution is 2.12. The molecule has 1 heterocycles. The second kappa shape index (κ2) is 6.40. The van der Waals surface area contributed by atoms with Gasteiger partial charge in [-0.15, -0.1) is 0 Å². The molecule has 1 atom stereocenters. The minimum Gasteiger partial charge on any atom is -0.484 e. The van der Waals surface area contributed by atoms with Gasteiger partial charge >= 0.3 is 0 Å². The van der Waals surface area contributed by atoms with E-state index in [0.29, 0.717) is 0 Å². The summed E-state index contributed by atoms with van der Waals surface area (Å²) in [4.78, 5) is 11.7. The standard InChI is InChI=1S/C14H20N2O2/c1-11-4-2-6-13(8-11)18-10-14(17)16-12-5-3-7-15-9-12/h2,4,6,8,12,15H,3,5,7,9-10H2,1H3,(H,16,17)/t12-/m1/s1. The van der Waals surface area contributed by atoms with Crippen LogP contribution >= 0.6 is 0 Å². The van der Waals surface area contributed by atoms with Crippen LogP contribution in [0.3, 0.4) is 0 Å². The fourth-order valence-corrected chi connectivity index (χ4v) is 2.10. The Labute approximate surface area is 108 Å². The summed E-state index contributed by atoms with van der Waals surface area (Å²) in [5.41, 5.74) is 1.13. The van der Waals surface area contributed by atoms with Crippen LogP contribution in [0.4, 0.5) is 0 Å². The van der Waals surface area contributed by atoms with Crippen LogP contribution in [0, 0.1) is 6.92 Å². The summed E-state index contributed by atoms with van der Waals surface area (Å²) in [7, 11) is 0. The summed E-state index contributed by atoms with van der Waals surface area (Å²) in [5, 5.41) is 6.24. The van der Waals surface area contributed by atoms with Crippen LogP contribution in [0.25, 0.3) is 0 Å². The van der Waals surface area contributed by atoms with Crippen molar-refractivity contribution in [3.8, 4) is 5.75 Å². The summed E-state index contributed by atoms with van der Waals surface area (Å²) >= 11 is 0. The highest BCUT2D eigenvalue weighted by atomic mass is 16.5. The van der Waals surface area contributed by atoms with Crippen molar-refractivity contribution < 1.29 is 9.53 Å². The topological polar surface area (TPSA) is 50.4 Å². The lowest BCUT2D eigenvalue weighted by atomic mass is 10.1. The molecule has 1 saturated heterocycles. The number of amides is 1. The number of nitrogens with one attached hydrogen (secondary N) is 2. The molecule has 1 aliphatic rings. The number of carbonyl (C=O) groups excluding carboxylic acids is 1. The maximum absolute atomic E-state index is 11.7. The van der Waals surface area contributed by atoms with Gasteiger partial charge < -0.3 is 15.4 Å². The first kappa shape index (κ1) is 12.9. The predicted molar refractivity (Wildman–Crippen MR) is 70.7 cm³/mol. The van der Waals surface area contributed by atoms with E-state index >= 15 is 0 Å². The van der Waals surface area contributed by atoms with Gasteiger partial charge in [-0.3, -0.25) is 4.79 Å². The summed E-state index contributed by atoms with van der Waals surface area (Å²) in [6.07, 6.45) is 2.16. The molecule has 1 aromatic rings. The average molecular weight is 248 g/mol. The Hall–Kier alpha value is -1.55. The number of aryl methyl sites for hydroxylation is 1. The Morgan fingerprint density at radius 2 is 2.44 bits per heavy atom. The van der Waals surface area contributed by atoms with Gasteiger partial charge in [0, 0.05) is 12.6 Å². The third-order valence-electron chi connectivity index (χ3n) is 3.02. The Morgan fingerprint density at radius 1 is 1.56 bits per heavy atom. The van der Waals surface area contributed by atoms with Crippen LogP contribution in [-0.2, 0) is 4.79 Å². The van der Waals surface area contributed by atoms with Gasteiger partial charge in [0.15, 0.2) is 6.61 Å². The van der Waals surface area contributed by atoms with Crippen molar-refractivity contribution in [1.29, 1.82) is 0 Å². The third kappa shape index (κ3) is 4.04. The van der Waals surface area contributed by atoms with Crippen molar-refractivity contribution >= 4 is 5.91 Å². The normalized spacial score (nSPS) is 19.3. The monoisotopic (exact) mass is 248 g/mol. The first-order valence-electron chi connectivity index (χ1n) is 6.43. The number of carbonyl (C=O) groups is 1. The maximum Gasteiger partial charge on any atom is 0.258 e. The van der Waals surface area contributed by atoms with E-state index in [1.165, 1.54) is 0 Å². The first-order valence-corrected chi connectivity index (χ1v) is 6.43. The second-order valence-electron chi connectivity index (χ2n) is 4.72. The number of piperidine rings is 1. The van der Waals surface area contributed by atoms with Gasteiger partial charge in [-0.25, -0.2) is 0 Å². The lowest BCUT2D eigenvalue weighted by Gasteiger charge is -2.23. The zero-order chi connectivity index (χ0) is 12.8. The number of hydrogen-bond donors (Lipinski definition) is 2. The predicted octanol–water partition coefficient (Wildman–Crippen LogP) is 1.24. The molecule has 1 fully saturated rings. The van der Waals surface area contributed by atoms with Gasteiger partial charge in [0.05, 0.1) is 0 Å². The van der Waals surface area contributed by atoms with E-state index in [9.17, 15) is 4.79 Å². The highest BCUT2D eigenvalue weighted by Gasteiger charge is 2.15. The molecule has 0 bridgehead atoms. The van der Waals surface area contributed by atoms with Gasteiger partial charge in [-0.2, -0.15) is 0 Å². The fraction of sp³-hybridized carbons (Fsp3) is 0.500. The summed E-state index contributed by atoms with van der Waals surface area (Å²) in [5.74, 6) is 0.692. The van der Waals surface area contributed by atoms with Crippen LogP contribution in [0.1, 0.15) is 18.4 Å². The Bertz CT molecular complexity index is 401. The van der Waals surface area contributed by atoms with Crippen LogP contribution in [0.15, 0.2) is 24.3 Å². The quantitative estimate of drug-likeness (QED) is 0.843. The molecule has 1 amide bonds. The molecule has 18 heavy (non-hydrogen) atoms. The number of hydrogen-bond acceptors (Lipinski definition) is 3. The van der Waals surface area contributed by atoms with E-state index < -0.39 is 0 Å². The van der Waals surface area contributed by atoms with Crippen molar-refractivity contribution in [3.63, 3.8) is 0 Å². The third-order valence-corrected chi connectivity index (χ3v) is 3.02. The van der Waals surface area contributed by atoms with Gasteiger partial charge in [0.1, 0.15) is 5.75 Å². The smallest absolute Gasteiger partial charge is 0.258 e. The Balaban J connectivity index is 1.74. The molecular weight excluding hydrogens is 228 g/mol. The van der Waals surface area contributed by atoms with E-state index in [4.69, 9.17) is 4.74 Å². The molecule has 0 unspecified atom stereocenters. The van der Waals surface area contributed by atoms with Gasteiger partial charge in [0.25, 0.3) is 5.91 Å². The van der Waals surface area contributed by atoms with E-state index in [2.05, 4.69) is 10.6 Å². The van der Waals surface area contributed by atoms with Crippen LogP contribution in [-0.4, -0.2) is 31.6 Å². The van der Waals surface area contributed by atoms with Crippen LogP contribution < -0.4 is 15.4 Å². The largest absolute Gasteiger partial charge is 0.484 e. The van der Waals surface area contributed by atoms with Crippen molar-refractivity contribution in [2.45, 2.75) is 25.8 Å². The zero-order valence-electron chi connectivity index (χ0n) is 10.7. The molecule has 0 saturated carbocycles.